The Morgan fingerprint density at radius 1 is 1.43 bits per heavy atom. The molecular formula is C17H24N4O2. The van der Waals surface area contributed by atoms with Crippen molar-refractivity contribution in [3.8, 4) is 0 Å². The van der Waals surface area contributed by atoms with Crippen LogP contribution in [0.2, 0.25) is 0 Å². The minimum atomic E-state index is -0.0328. The quantitative estimate of drug-likeness (QED) is 0.850. The van der Waals surface area contributed by atoms with Crippen molar-refractivity contribution in [3.63, 3.8) is 0 Å². The van der Waals surface area contributed by atoms with Crippen molar-refractivity contribution >= 4 is 5.91 Å². The molecular weight excluding hydrogens is 292 g/mol. The molecule has 0 radical (unpaired) electrons. The number of aromatic nitrogens is 3. The molecule has 6 heteroatoms. The molecule has 2 aromatic heterocycles. The molecule has 1 aliphatic rings. The summed E-state index contributed by atoms with van der Waals surface area (Å²) in [6.45, 7) is 5.70. The number of hydrogen-bond acceptors (Lipinski definition) is 4. The van der Waals surface area contributed by atoms with Crippen LogP contribution in [-0.4, -0.2) is 38.3 Å². The van der Waals surface area contributed by atoms with Crippen LogP contribution in [0.1, 0.15) is 61.7 Å². The number of aryl methyl sites for hydroxylation is 1. The molecule has 0 aliphatic carbocycles. The van der Waals surface area contributed by atoms with Crippen molar-refractivity contribution in [1.29, 1.82) is 0 Å². The third-order valence-corrected chi connectivity index (χ3v) is 4.47. The van der Waals surface area contributed by atoms with Gasteiger partial charge in [-0.15, -0.1) is 0 Å². The Morgan fingerprint density at radius 2 is 2.30 bits per heavy atom. The van der Waals surface area contributed by atoms with Crippen LogP contribution in [0.15, 0.2) is 29.0 Å². The zero-order chi connectivity index (χ0) is 16.2. The fourth-order valence-electron chi connectivity index (χ4n) is 3.09. The van der Waals surface area contributed by atoms with Crippen molar-refractivity contribution in [2.75, 3.05) is 6.54 Å². The van der Waals surface area contributed by atoms with E-state index in [-0.39, 0.29) is 17.9 Å². The maximum Gasteiger partial charge on any atom is 0.292 e. The van der Waals surface area contributed by atoms with Crippen LogP contribution in [0, 0.1) is 0 Å². The van der Waals surface area contributed by atoms with E-state index < -0.39 is 0 Å². The van der Waals surface area contributed by atoms with Crippen molar-refractivity contribution in [3.05, 3.63) is 36.0 Å². The average molecular weight is 316 g/mol. The molecule has 6 nitrogen and oxygen atoms in total. The van der Waals surface area contributed by atoms with E-state index in [4.69, 9.17) is 4.52 Å². The highest BCUT2D eigenvalue weighted by Crippen LogP contribution is 2.23. The van der Waals surface area contributed by atoms with Gasteiger partial charge in [0.15, 0.2) is 0 Å². The first-order valence-electron chi connectivity index (χ1n) is 8.40. The summed E-state index contributed by atoms with van der Waals surface area (Å²) in [6, 6.07) is 3.95. The van der Waals surface area contributed by atoms with E-state index in [1.165, 1.54) is 6.42 Å². The number of amides is 1. The van der Waals surface area contributed by atoms with Crippen LogP contribution in [0.3, 0.4) is 0 Å². The second-order valence-corrected chi connectivity index (χ2v) is 6.48. The van der Waals surface area contributed by atoms with Crippen molar-refractivity contribution in [1.82, 2.24) is 19.8 Å². The number of carbonyl (C=O) groups is 1. The van der Waals surface area contributed by atoms with E-state index in [9.17, 15) is 4.79 Å². The molecule has 0 aromatic carbocycles. The molecule has 0 bridgehead atoms. The Morgan fingerprint density at radius 3 is 3.00 bits per heavy atom. The number of piperidine rings is 1. The number of hydrogen-bond donors (Lipinski definition) is 0. The lowest BCUT2D eigenvalue weighted by Gasteiger charge is -2.35. The second-order valence-electron chi connectivity index (χ2n) is 6.48. The van der Waals surface area contributed by atoms with Gasteiger partial charge in [0, 0.05) is 37.6 Å². The lowest BCUT2D eigenvalue weighted by atomic mass is 9.99. The fourth-order valence-corrected chi connectivity index (χ4v) is 3.09. The van der Waals surface area contributed by atoms with E-state index in [1.54, 1.807) is 12.3 Å². The Labute approximate surface area is 136 Å². The maximum absolute atomic E-state index is 12.8. The van der Waals surface area contributed by atoms with Crippen molar-refractivity contribution in [2.45, 2.75) is 58.0 Å². The fraction of sp³-hybridized carbons (Fsp3) is 0.588. The number of likely N-dealkylation sites (tertiary alicyclic amines) is 1. The molecule has 1 amide bonds. The highest BCUT2D eigenvalue weighted by molar-refractivity contribution is 5.91. The smallest absolute Gasteiger partial charge is 0.292 e. The van der Waals surface area contributed by atoms with E-state index >= 15 is 0 Å². The zero-order valence-corrected chi connectivity index (χ0v) is 13.8. The van der Waals surface area contributed by atoms with Crippen LogP contribution in [-0.2, 0) is 6.54 Å². The van der Waals surface area contributed by atoms with Gasteiger partial charge in [-0.3, -0.25) is 9.48 Å². The van der Waals surface area contributed by atoms with E-state index in [0.717, 1.165) is 38.0 Å². The molecule has 3 rings (SSSR count). The van der Waals surface area contributed by atoms with E-state index in [1.807, 2.05) is 35.7 Å². The summed E-state index contributed by atoms with van der Waals surface area (Å²) in [6.07, 6.45) is 7.92. The minimum Gasteiger partial charge on any atom is -0.351 e. The SMILES string of the molecule is CC(C)c1cc(C(=O)N2CCCC[C@@H]2CCn2cccn2)on1. The molecule has 0 N–H and O–H groups in total. The molecule has 23 heavy (non-hydrogen) atoms. The highest BCUT2D eigenvalue weighted by atomic mass is 16.5. The normalized spacial score (nSPS) is 18.6. The lowest BCUT2D eigenvalue weighted by molar-refractivity contribution is 0.0552. The molecule has 1 atom stereocenters. The van der Waals surface area contributed by atoms with E-state index in [2.05, 4.69) is 10.3 Å². The van der Waals surface area contributed by atoms with Gasteiger partial charge >= 0.3 is 0 Å². The Bertz CT molecular complexity index is 633. The monoisotopic (exact) mass is 316 g/mol. The standard InChI is InChI=1S/C17H24N4O2/c1-13(2)15-12-16(23-19-15)17(22)21-10-4-3-6-14(21)7-11-20-9-5-8-18-20/h5,8-9,12-14H,3-4,6-7,10-11H2,1-2H3/t14-/m1/s1. The summed E-state index contributed by atoms with van der Waals surface area (Å²) in [5.41, 5.74) is 0.832. The third-order valence-electron chi connectivity index (χ3n) is 4.47. The minimum absolute atomic E-state index is 0.0328. The van der Waals surface area contributed by atoms with Gasteiger partial charge in [0.05, 0.1) is 5.69 Å². The van der Waals surface area contributed by atoms with E-state index in [0.29, 0.717) is 5.76 Å². The Hall–Kier alpha value is -2.11. The first-order valence-corrected chi connectivity index (χ1v) is 8.40. The predicted octanol–water partition coefficient (Wildman–Crippen LogP) is 3.08. The number of rotatable bonds is 5. The topological polar surface area (TPSA) is 64.2 Å². The van der Waals surface area contributed by atoms with Crippen molar-refractivity contribution < 1.29 is 9.32 Å². The molecule has 0 spiro atoms. The van der Waals surface area contributed by atoms with Gasteiger partial charge in [0.1, 0.15) is 0 Å². The maximum atomic E-state index is 12.8. The molecule has 1 saturated heterocycles. The molecule has 2 aromatic rings. The van der Waals surface area contributed by atoms with Gasteiger partial charge in [-0.25, -0.2) is 0 Å². The summed E-state index contributed by atoms with van der Waals surface area (Å²) in [4.78, 5) is 14.7. The molecule has 0 unspecified atom stereocenters. The van der Waals surface area contributed by atoms with Crippen LogP contribution >= 0.6 is 0 Å². The van der Waals surface area contributed by atoms with Gasteiger partial charge in [-0.05, 0) is 37.7 Å². The number of nitrogens with zero attached hydrogens (tertiary/aromatic N) is 4. The van der Waals surface area contributed by atoms with Gasteiger partial charge in [0.2, 0.25) is 5.76 Å². The first kappa shape index (κ1) is 15.8. The van der Waals surface area contributed by atoms with Gasteiger partial charge < -0.3 is 9.42 Å². The van der Waals surface area contributed by atoms with Crippen molar-refractivity contribution in [2.24, 2.45) is 0 Å². The Kier molecular flexibility index (Phi) is 4.79. The van der Waals surface area contributed by atoms with Crippen LogP contribution < -0.4 is 0 Å². The molecule has 1 aliphatic heterocycles. The summed E-state index contributed by atoms with van der Waals surface area (Å²) in [7, 11) is 0. The molecule has 1 fully saturated rings. The Balaban J connectivity index is 1.68. The predicted molar refractivity (Wildman–Crippen MR) is 86.1 cm³/mol. The third kappa shape index (κ3) is 3.63. The van der Waals surface area contributed by atoms with Crippen LogP contribution in [0.25, 0.3) is 0 Å². The van der Waals surface area contributed by atoms with Crippen LogP contribution in [0.5, 0.6) is 0 Å². The lowest BCUT2D eigenvalue weighted by Crippen LogP contribution is -2.44. The summed E-state index contributed by atoms with van der Waals surface area (Å²) >= 11 is 0. The second kappa shape index (κ2) is 6.98. The molecule has 124 valence electrons. The largest absolute Gasteiger partial charge is 0.351 e. The summed E-state index contributed by atoms with van der Waals surface area (Å²) in [5, 5.41) is 8.24. The van der Waals surface area contributed by atoms with Gasteiger partial charge in [0.25, 0.3) is 5.91 Å². The average Bonchev–Trinajstić information content (AvgIpc) is 3.24. The van der Waals surface area contributed by atoms with Gasteiger partial charge in [-0.1, -0.05) is 19.0 Å². The molecule has 3 heterocycles. The van der Waals surface area contributed by atoms with Crippen LogP contribution in [0.4, 0.5) is 0 Å². The first-order chi connectivity index (χ1) is 11.1. The summed E-state index contributed by atoms with van der Waals surface area (Å²) < 4.78 is 7.20. The van der Waals surface area contributed by atoms with Gasteiger partial charge in [-0.2, -0.15) is 5.10 Å². The highest BCUT2D eigenvalue weighted by Gasteiger charge is 2.29. The summed E-state index contributed by atoms with van der Waals surface area (Å²) in [5.74, 6) is 0.589. The number of carbonyl (C=O) groups excluding carboxylic acids is 1. The molecule has 0 saturated carbocycles. The zero-order valence-electron chi connectivity index (χ0n) is 13.8.